The highest BCUT2D eigenvalue weighted by Crippen LogP contribution is 2.43. The Morgan fingerprint density at radius 2 is 2.26 bits per heavy atom. The van der Waals surface area contributed by atoms with Gasteiger partial charge in [-0.25, -0.2) is 8.96 Å². The van der Waals surface area contributed by atoms with Gasteiger partial charge in [0, 0.05) is 6.20 Å². The molecule has 0 unspecified atom stereocenters. The summed E-state index contributed by atoms with van der Waals surface area (Å²) >= 11 is 10.4. The Kier molecular flexibility index (Phi) is 4.71. The molecule has 1 aliphatic heterocycles. The van der Waals surface area contributed by atoms with Gasteiger partial charge in [0.05, 0.1) is 1.37 Å². The molecular weight excluding hydrogens is 382 g/mol. The first-order chi connectivity index (χ1) is 10.8. The number of aromatic amines is 1. The Morgan fingerprint density at radius 1 is 1.65 bits per heavy atom. The summed E-state index contributed by atoms with van der Waals surface area (Å²) in [6, 6.07) is 0. The second kappa shape index (κ2) is 6.31. The molecule has 1 aromatic rings. The lowest BCUT2D eigenvalue weighted by atomic mass is 10.1. The number of ether oxygens (including phenoxy) is 1. The molecule has 0 saturated carbocycles. The minimum absolute atomic E-state index is 0.469. The molecule has 4 atom stereocenters. The summed E-state index contributed by atoms with van der Waals surface area (Å²) in [4.78, 5) is 30.6. The highest BCUT2D eigenvalue weighted by molar-refractivity contribution is 7.71. The van der Waals surface area contributed by atoms with Gasteiger partial charge in [0.2, 0.25) is 0 Å². The number of alkyl halides is 1. The lowest BCUT2D eigenvalue weighted by Gasteiger charge is -2.23. The Hall–Kier alpha value is -0.690. The van der Waals surface area contributed by atoms with Gasteiger partial charge < -0.3 is 24.7 Å². The van der Waals surface area contributed by atoms with Crippen LogP contribution in [-0.2, 0) is 13.8 Å². The van der Waals surface area contributed by atoms with E-state index < -0.39 is 54.0 Å². The lowest BCUT2D eigenvalue weighted by Crippen LogP contribution is -2.42. The van der Waals surface area contributed by atoms with Crippen molar-refractivity contribution in [2.45, 2.75) is 24.3 Å². The summed E-state index contributed by atoms with van der Waals surface area (Å²) in [5, 5.41) is 19.3. The van der Waals surface area contributed by atoms with Crippen molar-refractivity contribution in [3.05, 3.63) is 26.3 Å². The fraction of sp³-hybridized carbons (Fsp3) is 0.556. The maximum atomic E-state index is 14.6. The summed E-state index contributed by atoms with van der Waals surface area (Å²) in [5.74, 6) is -3.35. The number of aliphatic hydroxyl groups is 2. The third-order valence-corrected chi connectivity index (χ3v) is 3.87. The minimum atomic E-state index is -5.11. The maximum Gasteiger partial charge on any atom is 0.469 e. The van der Waals surface area contributed by atoms with E-state index in [1.807, 2.05) is 4.98 Å². The third kappa shape index (κ3) is 3.87. The van der Waals surface area contributed by atoms with E-state index >= 15 is 0 Å². The number of rotatable bonds is 4. The highest BCUT2D eigenvalue weighted by atomic mass is 35.5. The number of hydrogen-bond acceptors (Lipinski definition) is 7. The predicted octanol–water partition coefficient (Wildman–Crippen LogP) is -0.415. The van der Waals surface area contributed by atoms with Gasteiger partial charge in [-0.15, -0.1) is 0 Å². The van der Waals surface area contributed by atoms with Crippen LogP contribution < -0.4 is 5.56 Å². The van der Waals surface area contributed by atoms with Crippen molar-refractivity contribution in [2.24, 2.45) is 0 Å². The monoisotopic (exact) mass is 393 g/mol. The maximum absolute atomic E-state index is 14.6. The normalized spacial score (nSPS) is 35.3. The smallest absolute Gasteiger partial charge is 0.385 e. The number of H-pyrrole nitrogens is 1. The Labute approximate surface area is 138 Å². The van der Waals surface area contributed by atoms with E-state index in [4.69, 9.17) is 35.0 Å². The van der Waals surface area contributed by atoms with Crippen LogP contribution in [-0.4, -0.2) is 54.2 Å². The molecule has 10 nitrogen and oxygen atoms in total. The van der Waals surface area contributed by atoms with Crippen LogP contribution in [0.4, 0.5) is 4.39 Å². The molecule has 2 rings (SSSR count). The summed E-state index contributed by atoms with van der Waals surface area (Å²) in [7, 11) is -5.11. The van der Waals surface area contributed by atoms with Crippen molar-refractivity contribution in [1.29, 1.82) is 0 Å². The molecule has 1 aromatic heterocycles. The van der Waals surface area contributed by atoms with E-state index in [-0.39, 0.29) is 0 Å². The lowest BCUT2D eigenvalue weighted by molar-refractivity contribution is -0.204. The summed E-state index contributed by atoms with van der Waals surface area (Å²) in [6.07, 6.45) is -6.70. The molecule has 0 amide bonds. The summed E-state index contributed by atoms with van der Waals surface area (Å²) in [6.45, 7) is -1.49. The second-order valence-corrected chi connectivity index (χ2v) is 6.52. The fourth-order valence-electron chi connectivity index (χ4n) is 1.76. The van der Waals surface area contributed by atoms with Gasteiger partial charge in [0.1, 0.15) is 23.8 Å². The SMILES string of the molecule is [2H][C@@]1(n2cc(Cl)c(=O)[nH]c2=S)O[C@](F)(COP(=O)(O)O)[C@@H](O)[C@H]1O. The van der Waals surface area contributed by atoms with Crippen molar-refractivity contribution in [3.8, 4) is 0 Å². The molecule has 130 valence electrons. The van der Waals surface area contributed by atoms with E-state index in [0.717, 1.165) is 6.20 Å². The molecule has 5 N–H and O–H groups in total. The number of hydrogen-bond donors (Lipinski definition) is 5. The van der Waals surface area contributed by atoms with Gasteiger partial charge in [0.15, 0.2) is 11.0 Å². The first-order valence-electron chi connectivity index (χ1n) is 6.27. The van der Waals surface area contributed by atoms with Gasteiger partial charge in [0.25, 0.3) is 11.4 Å². The van der Waals surface area contributed by atoms with Gasteiger partial charge in [-0.2, -0.15) is 0 Å². The van der Waals surface area contributed by atoms with E-state index in [0.29, 0.717) is 4.57 Å². The topological polar surface area (TPSA) is 154 Å². The number of halogens is 2. The summed E-state index contributed by atoms with van der Waals surface area (Å²) < 4.78 is 42.0. The van der Waals surface area contributed by atoms with E-state index in [9.17, 15) is 24.0 Å². The molecule has 0 radical (unpaired) electrons. The van der Waals surface area contributed by atoms with Gasteiger partial charge in [-0.1, -0.05) is 11.6 Å². The van der Waals surface area contributed by atoms with Crippen molar-refractivity contribution in [2.75, 3.05) is 6.61 Å². The third-order valence-electron chi connectivity index (χ3n) is 2.83. The number of nitrogens with one attached hydrogen (secondary N) is 1. The van der Waals surface area contributed by atoms with E-state index in [1.165, 1.54) is 0 Å². The van der Waals surface area contributed by atoms with Gasteiger partial charge >= 0.3 is 7.82 Å². The summed E-state index contributed by atoms with van der Waals surface area (Å²) in [5.41, 5.74) is -0.814. The molecule has 2 heterocycles. The van der Waals surface area contributed by atoms with Crippen LogP contribution in [0.3, 0.4) is 0 Å². The fourth-order valence-corrected chi connectivity index (χ4v) is 2.48. The molecular formula is C9H11ClFN2O8PS. The van der Waals surface area contributed by atoms with Crippen molar-refractivity contribution in [3.63, 3.8) is 0 Å². The van der Waals surface area contributed by atoms with Crippen LogP contribution >= 0.6 is 31.6 Å². The van der Waals surface area contributed by atoms with E-state index in [1.54, 1.807) is 0 Å². The molecule has 0 bridgehead atoms. The molecule has 1 fully saturated rings. The van der Waals surface area contributed by atoms with Crippen LogP contribution in [0.15, 0.2) is 11.0 Å². The Balaban J connectivity index is 2.45. The second-order valence-electron chi connectivity index (χ2n) is 4.49. The van der Waals surface area contributed by atoms with Gasteiger partial charge in [-0.3, -0.25) is 18.9 Å². The average molecular weight is 394 g/mol. The van der Waals surface area contributed by atoms with Crippen LogP contribution in [0.2, 0.25) is 5.02 Å². The van der Waals surface area contributed by atoms with Crippen LogP contribution in [0.5, 0.6) is 0 Å². The molecule has 14 heteroatoms. The molecule has 0 spiro atoms. The van der Waals surface area contributed by atoms with Crippen molar-refractivity contribution >= 4 is 31.6 Å². The quantitative estimate of drug-likeness (QED) is 0.339. The number of aromatic nitrogens is 2. The molecule has 0 aromatic carbocycles. The Morgan fingerprint density at radius 3 is 2.83 bits per heavy atom. The van der Waals surface area contributed by atoms with Crippen LogP contribution in [0.25, 0.3) is 0 Å². The molecule has 1 saturated heterocycles. The predicted molar refractivity (Wildman–Crippen MR) is 74.9 cm³/mol. The zero-order valence-electron chi connectivity index (χ0n) is 11.9. The largest absolute Gasteiger partial charge is 0.469 e. The number of aliphatic hydroxyl groups excluding tert-OH is 2. The molecule has 0 aliphatic carbocycles. The van der Waals surface area contributed by atoms with Crippen molar-refractivity contribution < 1.29 is 39.6 Å². The van der Waals surface area contributed by atoms with Gasteiger partial charge in [-0.05, 0) is 12.2 Å². The Bertz CT molecular complexity index is 817. The first kappa shape index (κ1) is 17.1. The van der Waals surface area contributed by atoms with Crippen LogP contribution in [0.1, 0.15) is 7.57 Å². The zero-order valence-corrected chi connectivity index (χ0v) is 13.4. The standard InChI is InChI=1S/C9H11ClFN2O8PS/c10-3-1-13(8(23)12-6(3)16)7-4(14)5(15)9(11,21-7)2-20-22(17,18)19/h1,4-5,7,14-15H,2H2,(H,12,16,23)(H2,17,18,19)/t4-,5+,7-,9-/m1/s1/i7D. The zero-order chi connectivity index (χ0) is 18.5. The first-order valence-corrected chi connectivity index (χ1v) is 8.09. The average Bonchev–Trinajstić information content (AvgIpc) is 2.62. The number of phosphoric ester groups is 1. The highest BCUT2D eigenvalue weighted by Gasteiger charge is 2.57. The number of nitrogens with zero attached hydrogens (tertiary/aromatic N) is 1. The number of phosphoric acid groups is 1. The molecule has 23 heavy (non-hydrogen) atoms. The molecule has 1 aliphatic rings. The van der Waals surface area contributed by atoms with E-state index in [2.05, 4.69) is 9.26 Å². The van der Waals surface area contributed by atoms with Crippen molar-refractivity contribution in [1.82, 2.24) is 9.55 Å². The minimum Gasteiger partial charge on any atom is -0.385 e. The van der Waals surface area contributed by atoms with Crippen LogP contribution in [0, 0.1) is 4.77 Å².